The molecule has 0 aromatic heterocycles. The van der Waals surface area contributed by atoms with E-state index in [1.165, 1.54) is 0 Å². The summed E-state index contributed by atoms with van der Waals surface area (Å²) >= 11 is 5.75. The van der Waals surface area contributed by atoms with Gasteiger partial charge in [-0.3, -0.25) is 4.79 Å². The molecule has 0 bridgehead atoms. The molecule has 1 atom stereocenters. The fourth-order valence-electron chi connectivity index (χ4n) is 1.35. The molecule has 0 radical (unpaired) electrons. The van der Waals surface area contributed by atoms with Gasteiger partial charge in [-0.2, -0.15) is 0 Å². The summed E-state index contributed by atoms with van der Waals surface area (Å²) in [7, 11) is 0. The van der Waals surface area contributed by atoms with Crippen LogP contribution in [0.4, 0.5) is 4.79 Å². The van der Waals surface area contributed by atoms with Gasteiger partial charge >= 0.3 is 12.0 Å². The van der Waals surface area contributed by atoms with Gasteiger partial charge in [0.05, 0.1) is 6.61 Å². The van der Waals surface area contributed by atoms with Crippen LogP contribution in [-0.4, -0.2) is 31.4 Å². The molecule has 0 fully saturated rings. The number of esters is 1. The average Bonchev–Trinajstić information content (AvgIpc) is 2.39. The molecule has 1 aromatic rings. The van der Waals surface area contributed by atoms with Crippen molar-refractivity contribution in [2.45, 2.75) is 20.1 Å². The van der Waals surface area contributed by atoms with Crippen LogP contribution in [0.1, 0.15) is 13.8 Å². The minimum Gasteiger partial charge on any atom is -0.471 e. The fourth-order valence-corrected chi connectivity index (χ4v) is 1.47. The maximum absolute atomic E-state index is 11.5. The Balaban J connectivity index is 2.30. The van der Waals surface area contributed by atoms with E-state index in [4.69, 9.17) is 16.3 Å². The molecule has 1 unspecified atom stereocenters. The summed E-state index contributed by atoms with van der Waals surface area (Å²) in [5.41, 5.74) is 0. The van der Waals surface area contributed by atoms with Crippen LogP contribution in [0.25, 0.3) is 0 Å². The zero-order valence-electron chi connectivity index (χ0n) is 11.3. The number of hydrogen-bond donors (Lipinski definition) is 2. The van der Waals surface area contributed by atoms with Crippen molar-refractivity contribution in [2.75, 3.05) is 13.2 Å². The summed E-state index contributed by atoms with van der Waals surface area (Å²) in [4.78, 5) is 22.5. The number of nitrogens with one attached hydrogen (secondary N) is 2. The van der Waals surface area contributed by atoms with E-state index < -0.39 is 18.2 Å². The van der Waals surface area contributed by atoms with E-state index >= 15 is 0 Å². The van der Waals surface area contributed by atoms with Gasteiger partial charge in [0.1, 0.15) is 12.3 Å². The molecule has 110 valence electrons. The van der Waals surface area contributed by atoms with Crippen molar-refractivity contribution >= 4 is 23.6 Å². The molecule has 0 aliphatic rings. The Morgan fingerprint density at radius 1 is 1.30 bits per heavy atom. The Labute approximate surface area is 122 Å². The van der Waals surface area contributed by atoms with Crippen LogP contribution in [-0.2, 0) is 9.53 Å². The first-order chi connectivity index (χ1) is 9.51. The first-order valence-corrected chi connectivity index (χ1v) is 6.51. The van der Waals surface area contributed by atoms with Gasteiger partial charge in [0.15, 0.2) is 6.23 Å². The number of benzene rings is 1. The largest absolute Gasteiger partial charge is 0.471 e. The van der Waals surface area contributed by atoms with Gasteiger partial charge in [-0.25, -0.2) is 4.79 Å². The second-order valence-corrected chi connectivity index (χ2v) is 4.28. The van der Waals surface area contributed by atoms with Crippen LogP contribution in [0, 0.1) is 0 Å². The Morgan fingerprint density at radius 2 is 1.95 bits per heavy atom. The van der Waals surface area contributed by atoms with E-state index in [0.717, 1.165) is 0 Å². The fraction of sp³-hybridized carbons (Fsp3) is 0.385. The summed E-state index contributed by atoms with van der Waals surface area (Å²) in [6.07, 6.45) is -0.557. The minimum absolute atomic E-state index is 0.187. The minimum atomic E-state index is -0.557. The number of amides is 2. The summed E-state index contributed by atoms with van der Waals surface area (Å²) < 4.78 is 10.1. The third-order valence-electron chi connectivity index (χ3n) is 2.16. The molecule has 0 saturated carbocycles. The lowest BCUT2D eigenvalue weighted by Gasteiger charge is -2.16. The Kier molecular flexibility index (Phi) is 6.66. The summed E-state index contributed by atoms with van der Waals surface area (Å²) in [5.74, 6) is 0.0847. The van der Waals surface area contributed by atoms with Crippen LogP contribution in [0.5, 0.6) is 5.75 Å². The van der Waals surface area contributed by atoms with Crippen LogP contribution in [0.2, 0.25) is 5.02 Å². The highest BCUT2D eigenvalue weighted by atomic mass is 35.5. The van der Waals surface area contributed by atoms with Crippen LogP contribution < -0.4 is 15.4 Å². The van der Waals surface area contributed by atoms with Crippen molar-refractivity contribution < 1.29 is 19.1 Å². The van der Waals surface area contributed by atoms with E-state index in [1.807, 2.05) is 0 Å². The monoisotopic (exact) mass is 300 g/mol. The van der Waals surface area contributed by atoms with Crippen molar-refractivity contribution in [1.29, 1.82) is 0 Å². The van der Waals surface area contributed by atoms with E-state index in [0.29, 0.717) is 10.8 Å². The summed E-state index contributed by atoms with van der Waals surface area (Å²) in [6, 6.07) is 6.24. The molecule has 0 aliphatic carbocycles. The smallest absolute Gasteiger partial charge is 0.325 e. The van der Waals surface area contributed by atoms with Crippen molar-refractivity contribution in [2.24, 2.45) is 0 Å². The Bertz CT molecular complexity index is 450. The molecule has 20 heavy (non-hydrogen) atoms. The first-order valence-electron chi connectivity index (χ1n) is 6.13. The van der Waals surface area contributed by atoms with Crippen LogP contribution in [0.15, 0.2) is 24.3 Å². The van der Waals surface area contributed by atoms with Gasteiger partial charge < -0.3 is 20.1 Å². The predicted octanol–water partition coefficient (Wildman–Crippen LogP) is 1.93. The Morgan fingerprint density at radius 3 is 2.55 bits per heavy atom. The molecular formula is C13H17ClN2O4. The number of urea groups is 1. The average molecular weight is 301 g/mol. The standard InChI is InChI=1S/C13H17ClN2O4/c1-3-19-12(17)8-15-13(18)16-9(2)20-11-6-4-10(14)5-7-11/h4-7,9H,3,8H2,1-2H3,(H2,15,16,18). The lowest BCUT2D eigenvalue weighted by Crippen LogP contribution is -2.45. The molecular weight excluding hydrogens is 284 g/mol. The van der Waals surface area contributed by atoms with Crippen molar-refractivity contribution in [1.82, 2.24) is 10.6 Å². The number of carbonyl (C=O) groups is 2. The molecule has 1 rings (SSSR count). The number of halogens is 1. The van der Waals surface area contributed by atoms with E-state index in [9.17, 15) is 9.59 Å². The SMILES string of the molecule is CCOC(=O)CNC(=O)NC(C)Oc1ccc(Cl)cc1. The normalized spacial score (nSPS) is 11.3. The van der Waals surface area contributed by atoms with Crippen LogP contribution in [0.3, 0.4) is 0 Å². The molecule has 1 aromatic carbocycles. The van der Waals surface area contributed by atoms with Crippen LogP contribution >= 0.6 is 11.6 Å². The highest BCUT2D eigenvalue weighted by Crippen LogP contribution is 2.16. The second-order valence-electron chi connectivity index (χ2n) is 3.85. The van der Waals surface area contributed by atoms with Gasteiger partial charge in [-0.1, -0.05) is 11.6 Å². The molecule has 2 amide bonds. The lowest BCUT2D eigenvalue weighted by atomic mass is 10.3. The van der Waals surface area contributed by atoms with Crippen molar-refractivity contribution in [3.63, 3.8) is 0 Å². The lowest BCUT2D eigenvalue weighted by molar-refractivity contribution is -0.141. The van der Waals surface area contributed by atoms with Crippen molar-refractivity contribution in [3.05, 3.63) is 29.3 Å². The Hall–Kier alpha value is -1.95. The van der Waals surface area contributed by atoms with Gasteiger partial charge in [-0.05, 0) is 38.1 Å². The second kappa shape index (κ2) is 8.27. The molecule has 0 spiro atoms. The third-order valence-corrected chi connectivity index (χ3v) is 2.41. The highest BCUT2D eigenvalue weighted by molar-refractivity contribution is 6.30. The number of ether oxygens (including phenoxy) is 2. The maximum atomic E-state index is 11.5. The maximum Gasteiger partial charge on any atom is 0.325 e. The van der Waals surface area contributed by atoms with E-state index in [1.54, 1.807) is 38.1 Å². The number of carbonyl (C=O) groups excluding carboxylic acids is 2. The summed E-state index contributed by atoms with van der Waals surface area (Å²) in [5, 5.41) is 5.50. The molecule has 2 N–H and O–H groups in total. The topological polar surface area (TPSA) is 76.7 Å². The number of rotatable bonds is 6. The van der Waals surface area contributed by atoms with Gasteiger partial charge in [-0.15, -0.1) is 0 Å². The summed E-state index contributed by atoms with van der Waals surface area (Å²) in [6.45, 7) is 3.45. The quantitative estimate of drug-likeness (QED) is 0.622. The predicted molar refractivity (Wildman–Crippen MR) is 74.7 cm³/mol. The molecule has 0 aliphatic heterocycles. The molecule has 7 heteroatoms. The van der Waals surface area contributed by atoms with E-state index in [-0.39, 0.29) is 13.2 Å². The third kappa shape index (κ3) is 6.29. The molecule has 0 heterocycles. The van der Waals surface area contributed by atoms with Gasteiger partial charge in [0, 0.05) is 5.02 Å². The van der Waals surface area contributed by atoms with Gasteiger partial charge in [0.2, 0.25) is 0 Å². The molecule has 0 saturated heterocycles. The first kappa shape index (κ1) is 16.1. The highest BCUT2D eigenvalue weighted by Gasteiger charge is 2.10. The number of hydrogen-bond acceptors (Lipinski definition) is 4. The van der Waals surface area contributed by atoms with Gasteiger partial charge in [0.25, 0.3) is 0 Å². The van der Waals surface area contributed by atoms with E-state index in [2.05, 4.69) is 15.4 Å². The zero-order valence-corrected chi connectivity index (χ0v) is 12.1. The zero-order chi connectivity index (χ0) is 15.0. The van der Waals surface area contributed by atoms with Crippen molar-refractivity contribution in [3.8, 4) is 5.75 Å². The molecule has 6 nitrogen and oxygen atoms in total.